The lowest BCUT2D eigenvalue weighted by molar-refractivity contribution is 0.0697. The van der Waals surface area contributed by atoms with Crippen LogP contribution in [0.5, 0.6) is 0 Å². The highest BCUT2D eigenvalue weighted by atomic mass is 35.5. The van der Waals surface area contributed by atoms with Crippen molar-refractivity contribution in [3.8, 4) is 0 Å². The summed E-state index contributed by atoms with van der Waals surface area (Å²) in [5.74, 6) is -0.948. The number of benzene rings is 1. The van der Waals surface area contributed by atoms with E-state index < -0.39 is 5.97 Å². The molecule has 1 aromatic heterocycles. The van der Waals surface area contributed by atoms with Crippen molar-refractivity contribution in [2.75, 3.05) is 18.0 Å². The number of hydrogen-bond acceptors (Lipinski definition) is 3. The molecule has 2 aromatic rings. The third-order valence-corrected chi connectivity index (χ3v) is 3.78. The molecule has 4 nitrogen and oxygen atoms in total. The number of hydrogen-bond donors (Lipinski definition) is 1. The molecular weight excluding hydrogens is 264 g/mol. The lowest BCUT2D eigenvalue weighted by atomic mass is 10.1. The van der Waals surface area contributed by atoms with E-state index in [0.717, 1.165) is 37.0 Å². The molecule has 98 valence electrons. The number of carboxylic acids is 1. The highest BCUT2D eigenvalue weighted by Crippen LogP contribution is 2.34. The van der Waals surface area contributed by atoms with Gasteiger partial charge in [-0.05, 0) is 18.9 Å². The zero-order valence-corrected chi connectivity index (χ0v) is 11.0. The number of anilines is 1. The minimum atomic E-state index is -0.948. The summed E-state index contributed by atoms with van der Waals surface area (Å²) in [4.78, 5) is 17.7. The van der Waals surface area contributed by atoms with Crippen LogP contribution in [0.2, 0.25) is 5.02 Å². The Morgan fingerprint density at radius 3 is 2.74 bits per heavy atom. The first-order valence-electron chi connectivity index (χ1n) is 6.24. The fourth-order valence-electron chi connectivity index (χ4n) is 2.61. The number of nitrogens with zero attached hydrogens (tertiary/aromatic N) is 2. The van der Waals surface area contributed by atoms with E-state index in [-0.39, 0.29) is 5.56 Å². The molecule has 1 aromatic carbocycles. The molecule has 0 amide bonds. The molecule has 1 aliphatic rings. The zero-order chi connectivity index (χ0) is 13.4. The fourth-order valence-corrected chi connectivity index (χ4v) is 2.83. The molecule has 0 bridgehead atoms. The molecule has 0 radical (unpaired) electrons. The van der Waals surface area contributed by atoms with E-state index in [0.29, 0.717) is 10.5 Å². The maximum atomic E-state index is 11.4. The van der Waals surface area contributed by atoms with Gasteiger partial charge in [0.25, 0.3) is 0 Å². The summed E-state index contributed by atoms with van der Waals surface area (Å²) in [6, 6.07) is 5.48. The summed E-state index contributed by atoms with van der Waals surface area (Å²) >= 11 is 6.14. The number of halogens is 1. The van der Waals surface area contributed by atoms with Crippen LogP contribution < -0.4 is 4.90 Å². The molecule has 5 heteroatoms. The fraction of sp³-hybridized carbons (Fsp3) is 0.286. The Hall–Kier alpha value is -1.81. The molecule has 0 unspecified atom stereocenters. The Balaban J connectivity index is 2.31. The second-order valence-corrected chi connectivity index (χ2v) is 5.06. The lowest BCUT2D eigenvalue weighted by Gasteiger charge is -2.21. The molecule has 1 fully saturated rings. The smallest absolute Gasteiger partial charge is 0.339 e. The van der Waals surface area contributed by atoms with Gasteiger partial charge in [-0.2, -0.15) is 0 Å². The van der Waals surface area contributed by atoms with Crippen LogP contribution >= 0.6 is 11.6 Å². The Labute approximate surface area is 115 Å². The van der Waals surface area contributed by atoms with Crippen molar-refractivity contribution in [1.82, 2.24) is 4.98 Å². The largest absolute Gasteiger partial charge is 0.478 e. The molecule has 2 heterocycles. The van der Waals surface area contributed by atoms with E-state index >= 15 is 0 Å². The number of fused-ring (bicyclic) bond motifs is 1. The molecule has 1 N–H and O–H groups in total. The molecule has 0 aliphatic carbocycles. The molecule has 0 spiro atoms. The van der Waals surface area contributed by atoms with Crippen molar-refractivity contribution in [1.29, 1.82) is 0 Å². The zero-order valence-electron chi connectivity index (χ0n) is 10.3. The van der Waals surface area contributed by atoms with E-state index in [4.69, 9.17) is 11.6 Å². The summed E-state index contributed by atoms with van der Waals surface area (Å²) in [5, 5.41) is 10.7. The third-order valence-electron chi connectivity index (χ3n) is 3.47. The average molecular weight is 277 g/mol. The number of carbonyl (C=O) groups is 1. The van der Waals surface area contributed by atoms with E-state index in [1.165, 1.54) is 6.20 Å². The summed E-state index contributed by atoms with van der Waals surface area (Å²) in [6.45, 7) is 1.76. The minimum Gasteiger partial charge on any atom is -0.478 e. The standard InChI is InChI=1S/C14H13ClN2O2/c15-11-5-3-4-9-12(11)16-8-10(14(18)19)13(9)17-6-1-2-7-17/h3-5,8H,1-2,6-7H2,(H,18,19). The van der Waals surface area contributed by atoms with Crippen LogP contribution in [0.3, 0.4) is 0 Å². The Bertz CT molecular complexity index is 651. The Morgan fingerprint density at radius 2 is 2.05 bits per heavy atom. The second-order valence-electron chi connectivity index (χ2n) is 4.66. The van der Waals surface area contributed by atoms with Crippen LogP contribution in [0.15, 0.2) is 24.4 Å². The molecular formula is C14H13ClN2O2. The van der Waals surface area contributed by atoms with Crippen molar-refractivity contribution < 1.29 is 9.90 Å². The lowest BCUT2D eigenvalue weighted by Crippen LogP contribution is -2.21. The maximum Gasteiger partial charge on any atom is 0.339 e. The summed E-state index contributed by atoms with van der Waals surface area (Å²) in [5.41, 5.74) is 1.66. The van der Waals surface area contributed by atoms with E-state index in [1.54, 1.807) is 6.07 Å². The van der Waals surface area contributed by atoms with Gasteiger partial charge < -0.3 is 10.0 Å². The molecule has 3 rings (SSSR count). The SMILES string of the molecule is O=C(O)c1cnc2c(Cl)cccc2c1N1CCCC1. The van der Waals surface area contributed by atoms with Gasteiger partial charge in [0, 0.05) is 24.7 Å². The number of pyridine rings is 1. The van der Waals surface area contributed by atoms with Crippen molar-refractivity contribution in [3.05, 3.63) is 35.0 Å². The molecule has 0 atom stereocenters. The number of aromatic carboxylic acids is 1. The van der Waals surface area contributed by atoms with Crippen molar-refractivity contribution in [3.63, 3.8) is 0 Å². The summed E-state index contributed by atoms with van der Waals surface area (Å²) < 4.78 is 0. The van der Waals surface area contributed by atoms with Gasteiger partial charge in [0.2, 0.25) is 0 Å². The van der Waals surface area contributed by atoms with Crippen molar-refractivity contribution >= 4 is 34.2 Å². The predicted molar refractivity (Wildman–Crippen MR) is 75.2 cm³/mol. The van der Waals surface area contributed by atoms with Crippen molar-refractivity contribution in [2.45, 2.75) is 12.8 Å². The number of para-hydroxylation sites is 1. The van der Waals surface area contributed by atoms with E-state index in [1.807, 2.05) is 12.1 Å². The Morgan fingerprint density at radius 1 is 1.32 bits per heavy atom. The third kappa shape index (κ3) is 2.02. The Kier molecular flexibility index (Phi) is 3.03. The summed E-state index contributed by atoms with van der Waals surface area (Å²) in [7, 11) is 0. The van der Waals surface area contributed by atoms with Crippen LogP contribution in [-0.2, 0) is 0 Å². The maximum absolute atomic E-state index is 11.4. The van der Waals surface area contributed by atoms with Crippen LogP contribution in [0.1, 0.15) is 23.2 Å². The molecule has 1 saturated heterocycles. The van der Waals surface area contributed by atoms with Crippen LogP contribution in [0.25, 0.3) is 10.9 Å². The van der Waals surface area contributed by atoms with Gasteiger partial charge >= 0.3 is 5.97 Å². The second kappa shape index (κ2) is 4.70. The van der Waals surface area contributed by atoms with E-state index in [9.17, 15) is 9.90 Å². The normalized spacial score (nSPS) is 15.1. The van der Waals surface area contributed by atoms with Gasteiger partial charge in [0.1, 0.15) is 5.56 Å². The first-order chi connectivity index (χ1) is 9.18. The van der Waals surface area contributed by atoms with Gasteiger partial charge in [-0.1, -0.05) is 23.7 Å². The van der Waals surface area contributed by atoms with Crippen LogP contribution in [-0.4, -0.2) is 29.1 Å². The number of aromatic nitrogens is 1. The van der Waals surface area contributed by atoms with Gasteiger partial charge in [0.05, 0.1) is 16.2 Å². The van der Waals surface area contributed by atoms with Crippen molar-refractivity contribution in [2.24, 2.45) is 0 Å². The number of carboxylic acid groups (broad SMARTS) is 1. The average Bonchev–Trinajstić information content (AvgIpc) is 2.91. The monoisotopic (exact) mass is 276 g/mol. The van der Waals surface area contributed by atoms with Crippen LogP contribution in [0, 0.1) is 0 Å². The highest BCUT2D eigenvalue weighted by Gasteiger charge is 2.22. The molecule has 0 saturated carbocycles. The first-order valence-corrected chi connectivity index (χ1v) is 6.62. The van der Waals surface area contributed by atoms with E-state index in [2.05, 4.69) is 9.88 Å². The van der Waals surface area contributed by atoms with Gasteiger partial charge in [-0.3, -0.25) is 4.98 Å². The highest BCUT2D eigenvalue weighted by molar-refractivity contribution is 6.35. The topological polar surface area (TPSA) is 53.4 Å². The predicted octanol–water partition coefficient (Wildman–Crippen LogP) is 3.19. The van der Waals surface area contributed by atoms with Gasteiger partial charge in [0.15, 0.2) is 0 Å². The minimum absolute atomic E-state index is 0.247. The first kappa shape index (κ1) is 12.2. The van der Waals surface area contributed by atoms with Gasteiger partial charge in [-0.25, -0.2) is 4.79 Å². The van der Waals surface area contributed by atoms with Gasteiger partial charge in [-0.15, -0.1) is 0 Å². The van der Waals surface area contributed by atoms with Crippen LogP contribution in [0.4, 0.5) is 5.69 Å². The number of rotatable bonds is 2. The molecule has 1 aliphatic heterocycles. The quantitative estimate of drug-likeness (QED) is 0.915. The molecule has 19 heavy (non-hydrogen) atoms. The summed E-state index contributed by atoms with van der Waals surface area (Å²) in [6.07, 6.45) is 3.58.